The molecule has 3 nitrogen and oxygen atoms in total. The fraction of sp³-hybridized carbons (Fsp3) is 0.429. The minimum atomic E-state index is -2.38. The lowest BCUT2D eigenvalue weighted by atomic mass is 9.87. The van der Waals surface area contributed by atoms with E-state index in [1.165, 1.54) is 0 Å². The zero-order chi connectivity index (χ0) is 13.2. The molecule has 0 fully saturated rings. The Morgan fingerprint density at radius 3 is 2.50 bits per heavy atom. The number of benzene rings is 1. The second-order valence-electron chi connectivity index (χ2n) is 4.68. The fourth-order valence-electron chi connectivity index (χ4n) is 2.74. The standard InChI is InChI=1S/C14H17O3P/c1-2-14(18(16)17,11-6-4-3-5-7-11)12-8-9-13(15)10-12/h3-8,13,15H,2,9-10H2,1H3/p+1. The third kappa shape index (κ3) is 2.14. The molecule has 0 saturated carbocycles. The van der Waals surface area contributed by atoms with Gasteiger partial charge in [0.25, 0.3) is 0 Å². The number of hydrogen-bond acceptors (Lipinski definition) is 2. The molecular formula is C14H18O3P+. The highest BCUT2D eigenvalue weighted by Gasteiger charge is 2.53. The van der Waals surface area contributed by atoms with Crippen LogP contribution in [0.25, 0.3) is 0 Å². The van der Waals surface area contributed by atoms with Crippen molar-refractivity contribution in [2.75, 3.05) is 0 Å². The predicted molar refractivity (Wildman–Crippen MR) is 71.6 cm³/mol. The van der Waals surface area contributed by atoms with Gasteiger partial charge in [0.2, 0.25) is 5.16 Å². The van der Waals surface area contributed by atoms with Crippen molar-refractivity contribution >= 4 is 8.03 Å². The summed E-state index contributed by atoms with van der Waals surface area (Å²) in [6.45, 7) is 1.92. The third-order valence-electron chi connectivity index (χ3n) is 3.71. The summed E-state index contributed by atoms with van der Waals surface area (Å²) in [5, 5.41) is 8.82. The second-order valence-corrected chi connectivity index (χ2v) is 5.99. The van der Waals surface area contributed by atoms with Gasteiger partial charge in [-0.2, -0.15) is 4.89 Å². The molecule has 0 heterocycles. The Morgan fingerprint density at radius 2 is 2.06 bits per heavy atom. The summed E-state index contributed by atoms with van der Waals surface area (Å²) in [4.78, 5) is 9.85. The van der Waals surface area contributed by atoms with Crippen LogP contribution in [0.1, 0.15) is 31.7 Å². The van der Waals surface area contributed by atoms with Crippen molar-refractivity contribution in [1.82, 2.24) is 0 Å². The van der Waals surface area contributed by atoms with Crippen molar-refractivity contribution < 1.29 is 14.6 Å². The van der Waals surface area contributed by atoms with Crippen LogP contribution in [0.15, 0.2) is 42.0 Å². The van der Waals surface area contributed by atoms with Crippen LogP contribution in [0.2, 0.25) is 0 Å². The van der Waals surface area contributed by atoms with Crippen LogP contribution in [0.3, 0.4) is 0 Å². The fourth-order valence-corrected chi connectivity index (χ4v) is 3.80. The zero-order valence-corrected chi connectivity index (χ0v) is 11.3. The zero-order valence-electron chi connectivity index (χ0n) is 10.4. The lowest BCUT2D eigenvalue weighted by Gasteiger charge is -2.22. The number of aliphatic hydroxyl groups excluding tert-OH is 1. The SMILES string of the molecule is CCC(C1=CCC(O)C1)(c1ccccc1)[P+](=O)O. The highest BCUT2D eigenvalue weighted by molar-refractivity contribution is 7.40. The number of hydrogen-bond donors (Lipinski definition) is 2. The first-order valence-electron chi connectivity index (χ1n) is 6.20. The van der Waals surface area contributed by atoms with Gasteiger partial charge in [-0.1, -0.05) is 43.3 Å². The average molecular weight is 265 g/mol. The maximum atomic E-state index is 12.0. The number of rotatable bonds is 4. The average Bonchev–Trinajstić information content (AvgIpc) is 2.79. The molecular weight excluding hydrogens is 247 g/mol. The lowest BCUT2D eigenvalue weighted by molar-refractivity contribution is 0.186. The molecule has 0 spiro atoms. The van der Waals surface area contributed by atoms with Gasteiger partial charge in [0.1, 0.15) is 0 Å². The van der Waals surface area contributed by atoms with E-state index < -0.39 is 19.3 Å². The van der Waals surface area contributed by atoms with Gasteiger partial charge in [0.05, 0.1) is 6.10 Å². The molecule has 0 radical (unpaired) electrons. The topological polar surface area (TPSA) is 57.5 Å². The summed E-state index contributed by atoms with van der Waals surface area (Å²) in [6, 6.07) is 9.43. The van der Waals surface area contributed by atoms with Gasteiger partial charge in [0, 0.05) is 12.0 Å². The van der Waals surface area contributed by atoms with E-state index >= 15 is 0 Å². The van der Waals surface area contributed by atoms with Gasteiger partial charge in [-0.25, -0.2) is 0 Å². The van der Waals surface area contributed by atoms with Gasteiger partial charge >= 0.3 is 8.03 Å². The Bertz CT molecular complexity index is 469. The summed E-state index contributed by atoms with van der Waals surface area (Å²) in [5.41, 5.74) is 1.75. The highest BCUT2D eigenvalue weighted by Crippen LogP contribution is 2.55. The van der Waals surface area contributed by atoms with Gasteiger partial charge in [-0.05, 0) is 23.0 Å². The second kappa shape index (κ2) is 5.31. The summed E-state index contributed by atoms with van der Waals surface area (Å²) in [6.07, 6.45) is 3.13. The smallest absolute Gasteiger partial charge is 0.392 e. The van der Waals surface area contributed by atoms with Crippen molar-refractivity contribution in [2.45, 2.75) is 37.4 Å². The highest BCUT2D eigenvalue weighted by atomic mass is 31.1. The Hall–Kier alpha value is -1.02. The van der Waals surface area contributed by atoms with Crippen molar-refractivity contribution in [3.05, 3.63) is 47.5 Å². The summed E-state index contributed by atoms with van der Waals surface area (Å²) < 4.78 is 12.0. The molecule has 96 valence electrons. The molecule has 4 heteroatoms. The van der Waals surface area contributed by atoms with E-state index in [1.54, 1.807) is 0 Å². The van der Waals surface area contributed by atoms with Crippen LogP contribution in [-0.4, -0.2) is 16.1 Å². The summed E-state index contributed by atoms with van der Waals surface area (Å²) >= 11 is 0. The summed E-state index contributed by atoms with van der Waals surface area (Å²) in [5.74, 6) is 0. The first-order chi connectivity index (χ1) is 8.61. The van der Waals surface area contributed by atoms with E-state index in [-0.39, 0.29) is 0 Å². The van der Waals surface area contributed by atoms with Gasteiger partial charge < -0.3 is 5.11 Å². The van der Waals surface area contributed by atoms with Crippen LogP contribution >= 0.6 is 8.03 Å². The van der Waals surface area contributed by atoms with E-state index in [4.69, 9.17) is 0 Å². The van der Waals surface area contributed by atoms with E-state index in [1.807, 2.05) is 43.3 Å². The first-order valence-corrected chi connectivity index (χ1v) is 7.42. The Labute approximate surface area is 108 Å². The molecule has 0 saturated heterocycles. The van der Waals surface area contributed by atoms with Gasteiger partial charge in [-0.15, -0.1) is 0 Å². The van der Waals surface area contributed by atoms with Crippen LogP contribution in [-0.2, 0) is 9.72 Å². The largest absolute Gasteiger partial charge is 0.521 e. The van der Waals surface area contributed by atoms with Gasteiger partial charge in [0.15, 0.2) is 0 Å². The molecule has 0 aliphatic heterocycles. The van der Waals surface area contributed by atoms with Gasteiger partial charge in [-0.3, -0.25) is 0 Å². The monoisotopic (exact) mass is 265 g/mol. The maximum Gasteiger partial charge on any atom is 0.521 e. The minimum Gasteiger partial charge on any atom is -0.392 e. The molecule has 2 N–H and O–H groups in total. The quantitative estimate of drug-likeness (QED) is 0.649. The molecule has 0 aromatic heterocycles. The molecule has 2 rings (SSSR count). The molecule has 3 atom stereocenters. The third-order valence-corrected chi connectivity index (χ3v) is 5.23. The Morgan fingerprint density at radius 1 is 1.39 bits per heavy atom. The number of aliphatic hydroxyl groups is 1. The molecule has 1 aliphatic rings. The van der Waals surface area contributed by atoms with E-state index in [9.17, 15) is 14.6 Å². The molecule has 1 aromatic rings. The lowest BCUT2D eigenvalue weighted by Crippen LogP contribution is -2.24. The van der Waals surface area contributed by atoms with Crippen molar-refractivity contribution in [3.63, 3.8) is 0 Å². The minimum absolute atomic E-state index is 0.412. The molecule has 18 heavy (non-hydrogen) atoms. The van der Waals surface area contributed by atoms with Crippen LogP contribution < -0.4 is 0 Å². The van der Waals surface area contributed by atoms with E-state index in [0.717, 1.165) is 11.1 Å². The maximum absolute atomic E-state index is 12.0. The van der Waals surface area contributed by atoms with E-state index in [0.29, 0.717) is 19.3 Å². The van der Waals surface area contributed by atoms with Crippen molar-refractivity contribution in [2.24, 2.45) is 0 Å². The predicted octanol–water partition coefficient (Wildman–Crippen LogP) is 3.11. The van der Waals surface area contributed by atoms with Crippen molar-refractivity contribution in [1.29, 1.82) is 0 Å². The first kappa shape index (κ1) is 13.4. The van der Waals surface area contributed by atoms with Crippen LogP contribution in [0.4, 0.5) is 0 Å². The molecule has 0 amide bonds. The normalized spacial score (nSPS) is 23.4. The Balaban J connectivity index is 2.51. The van der Waals surface area contributed by atoms with E-state index in [2.05, 4.69) is 0 Å². The molecule has 0 bridgehead atoms. The molecule has 1 aliphatic carbocycles. The molecule has 1 aromatic carbocycles. The summed E-state index contributed by atoms with van der Waals surface area (Å²) in [7, 11) is -2.38. The van der Waals surface area contributed by atoms with Crippen LogP contribution in [0, 0.1) is 0 Å². The van der Waals surface area contributed by atoms with Crippen LogP contribution in [0.5, 0.6) is 0 Å². The Kier molecular flexibility index (Phi) is 3.96. The molecule has 3 unspecified atom stereocenters. The van der Waals surface area contributed by atoms with Crippen molar-refractivity contribution in [3.8, 4) is 0 Å².